The lowest BCUT2D eigenvalue weighted by molar-refractivity contribution is -0.135. The van der Waals surface area contributed by atoms with E-state index in [1.54, 1.807) is 7.11 Å². The van der Waals surface area contributed by atoms with Crippen LogP contribution in [-0.2, 0) is 11.3 Å². The number of hydrogen-bond acceptors (Lipinski definition) is 4. The van der Waals surface area contributed by atoms with Crippen molar-refractivity contribution in [3.63, 3.8) is 0 Å². The highest BCUT2D eigenvalue weighted by molar-refractivity contribution is 5.85. The lowest BCUT2D eigenvalue weighted by atomic mass is 9.47. The van der Waals surface area contributed by atoms with E-state index in [1.807, 2.05) is 22.9 Å². The fraction of sp³-hybridized carbons (Fsp3) is 0.767. The number of methoxy groups -OCH3 is 1. The van der Waals surface area contributed by atoms with E-state index in [9.17, 15) is 4.79 Å². The van der Waals surface area contributed by atoms with Crippen molar-refractivity contribution in [2.45, 2.75) is 72.3 Å². The Bertz CT molecular complexity index is 1160. The molecule has 5 aliphatic rings. The first-order valence-corrected chi connectivity index (χ1v) is 14.3. The zero-order chi connectivity index (χ0) is 24.1. The van der Waals surface area contributed by atoms with Crippen LogP contribution in [0.4, 0.5) is 0 Å². The highest BCUT2D eigenvalue weighted by atomic mass is 16.5. The quantitative estimate of drug-likeness (QED) is 0.543. The van der Waals surface area contributed by atoms with Crippen molar-refractivity contribution in [1.82, 2.24) is 15.0 Å². The van der Waals surface area contributed by atoms with Crippen molar-refractivity contribution in [1.29, 1.82) is 0 Å². The number of ketones is 1. The average molecular weight is 476 g/mol. The van der Waals surface area contributed by atoms with Gasteiger partial charge in [-0.1, -0.05) is 32.4 Å². The first-order valence-electron chi connectivity index (χ1n) is 14.3. The van der Waals surface area contributed by atoms with Crippen molar-refractivity contribution in [2.75, 3.05) is 7.11 Å². The Morgan fingerprint density at radius 2 is 1.91 bits per heavy atom. The summed E-state index contributed by atoms with van der Waals surface area (Å²) in [6.45, 7) is 7.75. The summed E-state index contributed by atoms with van der Waals surface area (Å²) in [6.07, 6.45) is 9.84. The molecule has 5 nitrogen and oxygen atoms in total. The number of carbonyl (C=O) groups is 1. The fourth-order valence-corrected chi connectivity index (χ4v) is 10.5. The molecule has 0 amide bonds. The Hall–Kier alpha value is -1.91. The molecule has 1 heterocycles. The van der Waals surface area contributed by atoms with Gasteiger partial charge in [0.15, 0.2) is 5.78 Å². The minimum Gasteiger partial charge on any atom is -0.497 e. The summed E-state index contributed by atoms with van der Waals surface area (Å²) in [6, 6.07) is 5.79. The average Bonchev–Trinajstić information content (AvgIpc) is 3.19. The number of nitrogens with zero attached hydrogens (tertiary/aromatic N) is 3. The van der Waals surface area contributed by atoms with E-state index in [-0.39, 0.29) is 11.3 Å². The molecule has 0 aliphatic heterocycles. The predicted octanol–water partition coefficient (Wildman–Crippen LogP) is 6.02. The summed E-state index contributed by atoms with van der Waals surface area (Å²) >= 11 is 0. The Morgan fingerprint density at radius 3 is 2.74 bits per heavy atom. The van der Waals surface area contributed by atoms with Crippen LogP contribution in [0.15, 0.2) is 18.2 Å². The molecular formula is C30H41N3O2. The number of ether oxygens (including phenoxy) is 1. The van der Waals surface area contributed by atoms with Crippen LogP contribution in [0.5, 0.6) is 5.75 Å². The van der Waals surface area contributed by atoms with Gasteiger partial charge in [-0.15, -0.1) is 5.10 Å². The monoisotopic (exact) mass is 475 g/mol. The van der Waals surface area contributed by atoms with Crippen molar-refractivity contribution in [2.24, 2.45) is 64.6 Å². The smallest absolute Gasteiger partial charge is 0.158 e. The molecule has 35 heavy (non-hydrogen) atoms. The maximum absolute atomic E-state index is 14.1. The van der Waals surface area contributed by atoms with Gasteiger partial charge in [0.1, 0.15) is 17.8 Å². The zero-order valence-electron chi connectivity index (χ0n) is 21.8. The summed E-state index contributed by atoms with van der Waals surface area (Å²) in [7, 11) is 1.67. The van der Waals surface area contributed by atoms with Crippen LogP contribution in [0.25, 0.3) is 11.0 Å². The molecular weight excluding hydrogens is 434 g/mol. The molecule has 0 spiro atoms. The van der Waals surface area contributed by atoms with E-state index in [0.717, 1.165) is 58.2 Å². The molecule has 1 aromatic heterocycles. The van der Waals surface area contributed by atoms with Crippen LogP contribution in [0.2, 0.25) is 0 Å². The number of aromatic nitrogens is 3. The number of rotatable bonds is 4. The SMILES string of the molecule is COc1ccc2nnn(CC(=O)[C@H]3[C@H]4[C@@H](C)[C@H]4C4[C@@H]5CC[C@@H]6C[C@@H](C)CC[C@@H]6C5CC[C@@]43C)c2c1. The summed E-state index contributed by atoms with van der Waals surface area (Å²) in [5, 5.41) is 8.69. The highest BCUT2D eigenvalue weighted by Gasteiger charge is 2.73. The lowest BCUT2D eigenvalue weighted by Gasteiger charge is -2.57. The molecule has 0 saturated heterocycles. The third-order valence-electron chi connectivity index (χ3n) is 11.9. The van der Waals surface area contributed by atoms with Crippen LogP contribution >= 0.6 is 0 Å². The Balaban J connectivity index is 1.16. The van der Waals surface area contributed by atoms with Gasteiger partial charge in [0.25, 0.3) is 0 Å². The van der Waals surface area contributed by atoms with E-state index in [0.29, 0.717) is 24.2 Å². The lowest BCUT2D eigenvalue weighted by Crippen LogP contribution is -2.51. The van der Waals surface area contributed by atoms with Gasteiger partial charge in [0, 0.05) is 12.0 Å². The molecule has 2 aromatic rings. The maximum Gasteiger partial charge on any atom is 0.158 e. The second kappa shape index (κ2) is 7.79. The molecule has 1 aromatic carbocycles. The molecule has 7 rings (SSSR count). The predicted molar refractivity (Wildman–Crippen MR) is 136 cm³/mol. The van der Waals surface area contributed by atoms with Crippen molar-refractivity contribution in [3.8, 4) is 5.75 Å². The Morgan fingerprint density at radius 1 is 1.09 bits per heavy atom. The highest BCUT2D eigenvalue weighted by Crippen LogP contribution is 2.76. The molecule has 5 aliphatic carbocycles. The molecule has 5 fully saturated rings. The zero-order valence-corrected chi connectivity index (χ0v) is 21.8. The third kappa shape index (κ3) is 3.15. The van der Waals surface area contributed by atoms with Gasteiger partial charge in [-0.05, 0) is 109 Å². The molecule has 11 atom stereocenters. The Kier molecular flexibility index (Phi) is 4.97. The standard InChI is InChI=1S/C30H41N3O2/c1-16-5-8-20-18(13-16)6-9-22-21(20)11-12-30(3)28(22)26-17(2)27(26)29(30)25(34)15-33-24-14-19(35-4)7-10-23(24)31-32-33/h7,10,14,16-18,20-22,26-29H,5-6,8-9,11-13,15H2,1-4H3/t16-,17-,18+,20-,21?,22+,26+,27-,28?,29-,30-/m0/s1. The van der Waals surface area contributed by atoms with E-state index in [4.69, 9.17) is 4.74 Å². The Labute approximate surface area is 209 Å². The van der Waals surface area contributed by atoms with Gasteiger partial charge in [-0.3, -0.25) is 4.79 Å². The first kappa shape index (κ1) is 22.3. The van der Waals surface area contributed by atoms with Gasteiger partial charge in [0.2, 0.25) is 0 Å². The van der Waals surface area contributed by atoms with Gasteiger partial charge in [-0.2, -0.15) is 0 Å². The molecule has 0 N–H and O–H groups in total. The van der Waals surface area contributed by atoms with Crippen LogP contribution in [0, 0.1) is 64.6 Å². The topological polar surface area (TPSA) is 57.0 Å². The largest absolute Gasteiger partial charge is 0.497 e. The summed E-state index contributed by atoms with van der Waals surface area (Å²) in [4.78, 5) is 14.1. The van der Waals surface area contributed by atoms with Crippen LogP contribution in [0.1, 0.15) is 65.7 Å². The minimum atomic E-state index is 0.170. The molecule has 0 radical (unpaired) electrons. The molecule has 0 bridgehead atoms. The number of benzene rings is 1. The number of fused-ring (bicyclic) bond motifs is 8. The van der Waals surface area contributed by atoms with Crippen molar-refractivity contribution >= 4 is 16.8 Å². The maximum atomic E-state index is 14.1. The summed E-state index contributed by atoms with van der Waals surface area (Å²) in [5.74, 6) is 8.83. The summed E-state index contributed by atoms with van der Waals surface area (Å²) < 4.78 is 7.23. The van der Waals surface area contributed by atoms with E-state index < -0.39 is 0 Å². The molecule has 188 valence electrons. The van der Waals surface area contributed by atoms with Crippen LogP contribution < -0.4 is 4.74 Å². The first-order chi connectivity index (χ1) is 16.9. The van der Waals surface area contributed by atoms with Gasteiger partial charge >= 0.3 is 0 Å². The van der Waals surface area contributed by atoms with Crippen molar-refractivity contribution in [3.05, 3.63) is 18.2 Å². The van der Waals surface area contributed by atoms with Crippen LogP contribution in [-0.4, -0.2) is 27.9 Å². The van der Waals surface area contributed by atoms with Crippen molar-refractivity contribution < 1.29 is 9.53 Å². The second-order valence-electron chi connectivity index (χ2n) is 13.4. The number of carbonyl (C=O) groups excluding carboxylic acids is 1. The minimum absolute atomic E-state index is 0.170. The van der Waals surface area contributed by atoms with Gasteiger partial charge < -0.3 is 4.74 Å². The van der Waals surface area contributed by atoms with Crippen LogP contribution in [0.3, 0.4) is 0 Å². The van der Waals surface area contributed by atoms with E-state index >= 15 is 0 Å². The normalized spacial score (nSPS) is 45.8. The van der Waals surface area contributed by atoms with E-state index in [2.05, 4.69) is 31.1 Å². The third-order valence-corrected chi connectivity index (χ3v) is 11.9. The second-order valence-corrected chi connectivity index (χ2v) is 13.4. The van der Waals surface area contributed by atoms with Gasteiger partial charge in [-0.25, -0.2) is 4.68 Å². The van der Waals surface area contributed by atoms with E-state index in [1.165, 1.54) is 44.9 Å². The molecule has 5 heteroatoms. The number of hydrogen-bond donors (Lipinski definition) is 0. The summed E-state index contributed by atoms with van der Waals surface area (Å²) in [5.41, 5.74) is 1.89. The fourth-order valence-electron chi connectivity index (χ4n) is 10.5. The number of Topliss-reactive ketones (excluding diaryl/α,β-unsaturated/α-hetero) is 1. The van der Waals surface area contributed by atoms with Gasteiger partial charge in [0.05, 0.1) is 12.6 Å². The molecule has 2 unspecified atom stereocenters. The molecule has 5 saturated carbocycles.